The molecule has 0 aliphatic heterocycles. The molecule has 0 saturated heterocycles. The Morgan fingerprint density at radius 1 is 0.466 bits per heavy atom. The third-order valence-electron chi connectivity index (χ3n) is 13.5. The van der Waals surface area contributed by atoms with E-state index in [-0.39, 0.29) is 45.7 Å². The minimum absolute atomic E-state index is 0.00906. The second-order valence-corrected chi connectivity index (χ2v) is 19.7. The van der Waals surface area contributed by atoms with Crippen molar-refractivity contribution in [1.82, 2.24) is 0 Å². The number of hydrogen-bond acceptors (Lipinski definition) is 8. The summed E-state index contributed by atoms with van der Waals surface area (Å²) in [6.07, 6.45) is 3.17. The summed E-state index contributed by atoms with van der Waals surface area (Å²) in [4.78, 5) is 25.2. The van der Waals surface area contributed by atoms with Gasteiger partial charge < -0.3 is 28.4 Å². The van der Waals surface area contributed by atoms with E-state index in [0.29, 0.717) is 18.1 Å². The first-order valence-electron chi connectivity index (χ1n) is 20.8. The van der Waals surface area contributed by atoms with Crippen molar-refractivity contribution in [2.75, 3.05) is 26.9 Å². The molecule has 0 heterocycles. The van der Waals surface area contributed by atoms with Crippen LogP contribution in [0.1, 0.15) is 139 Å². The van der Waals surface area contributed by atoms with E-state index in [1.54, 1.807) is 0 Å². The van der Waals surface area contributed by atoms with Gasteiger partial charge in [-0.25, -0.2) is 9.59 Å². The molecule has 2 atom stereocenters. The Morgan fingerprint density at radius 2 is 0.810 bits per heavy atom. The Balaban J connectivity index is 0.974. The molecule has 0 aromatic heterocycles. The van der Waals surface area contributed by atoms with Crippen LogP contribution in [-0.4, -0.2) is 39.2 Å². The number of carbonyl (C=O) groups is 2. The van der Waals surface area contributed by atoms with Crippen molar-refractivity contribution < 1.29 is 38.0 Å². The van der Waals surface area contributed by atoms with Crippen molar-refractivity contribution in [2.45, 2.75) is 127 Å². The summed E-state index contributed by atoms with van der Waals surface area (Å²) in [5, 5.41) is 0. The Bertz CT molecular complexity index is 2290. The predicted octanol–water partition coefficient (Wildman–Crippen LogP) is 11.5. The third kappa shape index (κ3) is 6.51. The number of ether oxygens (including phenoxy) is 6. The van der Waals surface area contributed by atoms with Crippen LogP contribution in [0.5, 0.6) is 23.0 Å². The molecule has 2 unspecified atom stereocenters. The van der Waals surface area contributed by atoms with Gasteiger partial charge in [-0.2, -0.15) is 0 Å². The van der Waals surface area contributed by atoms with Crippen LogP contribution >= 0.6 is 0 Å². The van der Waals surface area contributed by atoms with E-state index in [1.165, 1.54) is 40.5 Å². The van der Waals surface area contributed by atoms with Crippen molar-refractivity contribution in [3.8, 4) is 23.0 Å². The fraction of sp³-hybridized carbons (Fsp3) is 0.480. The van der Waals surface area contributed by atoms with Crippen LogP contribution in [0.4, 0.5) is 9.59 Å². The number of carbonyl (C=O) groups excluding carboxylic acids is 2. The lowest BCUT2D eigenvalue weighted by molar-refractivity contribution is 0.0847. The van der Waals surface area contributed by atoms with Crippen LogP contribution in [0.15, 0.2) is 72.8 Å². The highest BCUT2D eigenvalue weighted by Crippen LogP contribution is 2.65. The van der Waals surface area contributed by atoms with Gasteiger partial charge in [0.2, 0.25) is 0 Å². The van der Waals surface area contributed by atoms with Gasteiger partial charge in [0.25, 0.3) is 0 Å². The van der Waals surface area contributed by atoms with E-state index in [2.05, 4.69) is 105 Å². The molecular formula is C50H58O8. The Morgan fingerprint density at radius 3 is 1.19 bits per heavy atom. The first-order chi connectivity index (χ1) is 27.3. The first kappa shape index (κ1) is 39.8. The van der Waals surface area contributed by atoms with Gasteiger partial charge >= 0.3 is 12.3 Å². The molecule has 58 heavy (non-hydrogen) atoms. The highest BCUT2D eigenvalue weighted by atomic mass is 16.7. The van der Waals surface area contributed by atoms with Gasteiger partial charge in [0.15, 0.2) is 0 Å². The van der Waals surface area contributed by atoms with Gasteiger partial charge in [-0.3, -0.25) is 0 Å². The second kappa shape index (κ2) is 13.8. The molecule has 306 valence electrons. The molecule has 4 aliphatic carbocycles. The normalized spacial score (nSPS) is 23.1. The molecule has 8 rings (SSSR count). The van der Waals surface area contributed by atoms with Crippen LogP contribution in [0, 0.1) is 0 Å². The van der Waals surface area contributed by atoms with Gasteiger partial charge in [0, 0.05) is 10.8 Å². The summed E-state index contributed by atoms with van der Waals surface area (Å²) >= 11 is 0. The molecule has 8 heteroatoms. The summed E-state index contributed by atoms with van der Waals surface area (Å²) in [6.45, 7) is 21.4. The number of hydrogen-bond donors (Lipinski definition) is 0. The lowest BCUT2D eigenvalue weighted by Crippen LogP contribution is -2.27. The van der Waals surface area contributed by atoms with Gasteiger partial charge in [-0.15, -0.1) is 0 Å². The monoisotopic (exact) mass is 786 g/mol. The van der Waals surface area contributed by atoms with Crippen LogP contribution in [0.25, 0.3) is 0 Å². The highest BCUT2D eigenvalue weighted by Gasteiger charge is 2.58. The third-order valence-corrected chi connectivity index (χ3v) is 13.5. The van der Waals surface area contributed by atoms with Crippen LogP contribution in [-0.2, 0) is 42.0 Å². The second-order valence-electron chi connectivity index (χ2n) is 19.7. The van der Waals surface area contributed by atoms with Crippen LogP contribution < -0.4 is 18.9 Å². The number of rotatable bonds is 9. The van der Waals surface area contributed by atoms with Gasteiger partial charge in [0.1, 0.15) is 36.2 Å². The average Bonchev–Trinajstić information content (AvgIpc) is 3.72. The van der Waals surface area contributed by atoms with Gasteiger partial charge in [0.05, 0.1) is 13.7 Å². The number of methoxy groups -OCH3 is 1. The molecular weight excluding hydrogens is 729 g/mol. The van der Waals surface area contributed by atoms with Crippen molar-refractivity contribution in [1.29, 1.82) is 0 Å². The fourth-order valence-corrected chi connectivity index (χ4v) is 11.7. The zero-order chi connectivity index (χ0) is 41.5. The van der Waals surface area contributed by atoms with E-state index < -0.39 is 12.3 Å². The van der Waals surface area contributed by atoms with Crippen LogP contribution in [0.3, 0.4) is 0 Å². The molecule has 4 aromatic carbocycles. The lowest BCUT2D eigenvalue weighted by Gasteiger charge is -2.30. The molecule has 2 spiro atoms. The van der Waals surface area contributed by atoms with Gasteiger partial charge in [-0.1, -0.05) is 86.6 Å². The molecule has 0 fully saturated rings. The summed E-state index contributed by atoms with van der Waals surface area (Å²) < 4.78 is 34.0. The lowest BCUT2D eigenvalue weighted by atomic mass is 9.72. The maximum absolute atomic E-state index is 13.1. The number of benzene rings is 4. The van der Waals surface area contributed by atoms with Crippen LogP contribution in [0.2, 0.25) is 0 Å². The largest absolute Gasteiger partial charge is 0.513 e. The predicted molar refractivity (Wildman–Crippen MR) is 224 cm³/mol. The smallest absolute Gasteiger partial charge is 0.494 e. The summed E-state index contributed by atoms with van der Waals surface area (Å²) in [6, 6.07) is 24.9. The summed E-state index contributed by atoms with van der Waals surface area (Å²) in [5.74, 6) is 2.54. The molecule has 0 N–H and O–H groups in total. The maximum Gasteiger partial charge on any atom is 0.513 e. The molecule has 0 amide bonds. The molecule has 0 radical (unpaired) electrons. The van der Waals surface area contributed by atoms with E-state index in [0.717, 1.165) is 54.7 Å². The standard InChI is InChI=1S/C50H58O8/c1-11-20-54-31-12-16-35-39(23-31)49(27-45(35,2)3)28-46(4,5)36-17-13-32(24-40(36)49)55-21-22-56-44(52)58-34-15-19-38-42(26-34)50(30-48(38,8)9)29-47(6,7)37-18-14-33(25-41(37)50)57-43(51)53-10/h12-19,23-26H,11,20-22,27-30H2,1-10H3. The topological polar surface area (TPSA) is 89.5 Å². The van der Waals surface area contributed by atoms with Gasteiger partial charge in [-0.05, 0) is 147 Å². The first-order valence-corrected chi connectivity index (χ1v) is 20.8. The van der Waals surface area contributed by atoms with Crippen molar-refractivity contribution in [2.24, 2.45) is 0 Å². The molecule has 0 saturated carbocycles. The van der Waals surface area contributed by atoms with E-state index in [4.69, 9.17) is 28.4 Å². The average molecular weight is 787 g/mol. The Kier molecular flexibility index (Phi) is 9.48. The van der Waals surface area contributed by atoms with E-state index >= 15 is 0 Å². The SMILES string of the molecule is CCCOc1ccc2c(c1)C1(CC2(C)C)CC(C)(C)c2ccc(OCCOC(=O)Oc3ccc4c(c3)C3(CC(C)(C)c5ccc(OC(=O)OC)cc53)CC4(C)C)cc21. The van der Waals surface area contributed by atoms with E-state index in [1.807, 2.05) is 30.3 Å². The number of fused-ring (bicyclic) bond motifs is 8. The minimum atomic E-state index is -0.781. The molecule has 8 nitrogen and oxygen atoms in total. The maximum atomic E-state index is 13.1. The Labute approximate surface area is 343 Å². The fourth-order valence-electron chi connectivity index (χ4n) is 11.7. The summed E-state index contributed by atoms with van der Waals surface area (Å²) in [7, 11) is 1.30. The van der Waals surface area contributed by atoms with Crippen molar-refractivity contribution >= 4 is 12.3 Å². The Hall–Kier alpha value is -4.98. The minimum Gasteiger partial charge on any atom is -0.494 e. The zero-order valence-corrected chi connectivity index (χ0v) is 35.9. The zero-order valence-electron chi connectivity index (χ0n) is 35.9. The molecule has 0 bridgehead atoms. The quantitative estimate of drug-likeness (QED) is 0.0941. The summed E-state index contributed by atoms with van der Waals surface area (Å²) in [5.41, 5.74) is 9.28. The van der Waals surface area contributed by atoms with E-state index in [9.17, 15) is 9.59 Å². The van der Waals surface area contributed by atoms with Crippen molar-refractivity contribution in [3.05, 3.63) is 117 Å². The van der Waals surface area contributed by atoms with Crippen molar-refractivity contribution in [3.63, 3.8) is 0 Å². The molecule has 4 aromatic rings. The highest BCUT2D eigenvalue weighted by molar-refractivity contribution is 5.68. The molecule has 4 aliphatic rings.